The van der Waals surface area contributed by atoms with Crippen LogP contribution in [0.4, 0.5) is 9.80 Å². The van der Waals surface area contributed by atoms with Crippen LogP contribution >= 0.6 is 38.6 Å². The molecule has 0 fully saturated rings. The summed E-state index contributed by atoms with van der Waals surface area (Å²) < 4.78 is 7.66. The largest absolute Gasteiger partial charge is 0.444 e. The number of thiazole rings is 1. The summed E-state index contributed by atoms with van der Waals surface area (Å²) in [7, 11) is 0. The lowest BCUT2D eigenvalue weighted by atomic mass is 10.0. The Morgan fingerprint density at radius 1 is 1.26 bits per heavy atom. The summed E-state index contributed by atoms with van der Waals surface area (Å²) in [6, 6.07) is 6.40. The number of hydrogen-bond acceptors (Lipinski definition) is 7. The van der Waals surface area contributed by atoms with Crippen molar-refractivity contribution in [1.82, 2.24) is 15.2 Å². The fraction of sp³-hybridized carbons (Fsp3) is 0.480. The lowest BCUT2D eigenvalue weighted by molar-refractivity contribution is -0.116. The molecule has 0 saturated carbocycles. The third-order valence-electron chi connectivity index (χ3n) is 5.43. The van der Waals surface area contributed by atoms with Gasteiger partial charge in [-0.05, 0) is 51.0 Å². The second-order valence-electron chi connectivity index (χ2n) is 9.90. The second kappa shape index (κ2) is 10.5. The van der Waals surface area contributed by atoms with Gasteiger partial charge >= 0.3 is 6.09 Å². The molecule has 2 aromatic heterocycles. The molecule has 4 rings (SSSR count). The van der Waals surface area contributed by atoms with Crippen molar-refractivity contribution in [2.45, 2.75) is 65.6 Å². The number of halogens is 1. The van der Waals surface area contributed by atoms with Gasteiger partial charge in [0.1, 0.15) is 15.6 Å². The number of nitrogens with one attached hydrogen (secondary N) is 2. The number of hydrogen-bond donors (Lipinski definition) is 2. The molecule has 0 aliphatic carbocycles. The second-order valence-corrected chi connectivity index (χ2v) is 12.9. The van der Waals surface area contributed by atoms with Crippen molar-refractivity contribution in [3.8, 4) is 10.6 Å². The zero-order valence-corrected chi connectivity index (χ0v) is 23.9. The van der Waals surface area contributed by atoms with Gasteiger partial charge in [-0.15, -0.1) is 22.7 Å². The van der Waals surface area contributed by atoms with Gasteiger partial charge in [0, 0.05) is 40.5 Å². The van der Waals surface area contributed by atoms with Crippen LogP contribution in [-0.4, -0.2) is 46.6 Å². The van der Waals surface area contributed by atoms with Crippen LogP contribution in [0.5, 0.6) is 0 Å². The molecule has 188 valence electrons. The standard InChI is InChI=1S/C25H31BrN4O3S2/c1-14(2)27-10-8-20(31)29-23-21(22-28-17-12-15(26)6-7-18(17)34-22)16-9-11-30(13-19(16)35-23)24(32)33-25(3,4)5/h6-7,12,14,27H,8-11,13H2,1-5H3,(H,29,31). The van der Waals surface area contributed by atoms with E-state index in [1.54, 1.807) is 16.2 Å². The first-order valence-corrected chi connectivity index (χ1v) is 14.1. The number of carbonyl (C=O) groups is 2. The molecule has 2 N–H and O–H groups in total. The SMILES string of the molecule is CC(C)NCCC(=O)Nc1sc2c(c1-c1nc3cc(Br)ccc3s1)CCN(C(=O)OC(C)(C)C)C2. The molecule has 1 aliphatic rings. The maximum atomic E-state index is 12.8. The third kappa shape index (κ3) is 6.41. The van der Waals surface area contributed by atoms with E-state index in [2.05, 4.69) is 46.5 Å². The number of nitrogens with zero attached hydrogens (tertiary/aromatic N) is 2. The van der Waals surface area contributed by atoms with Crippen molar-refractivity contribution in [3.63, 3.8) is 0 Å². The molecule has 0 unspecified atom stereocenters. The molecule has 7 nitrogen and oxygen atoms in total. The topological polar surface area (TPSA) is 83.6 Å². The molecule has 0 bridgehead atoms. The fourth-order valence-electron chi connectivity index (χ4n) is 3.87. The smallest absolute Gasteiger partial charge is 0.410 e. The first kappa shape index (κ1) is 26.1. The molecule has 0 saturated heterocycles. The minimum absolute atomic E-state index is 0.0362. The predicted molar refractivity (Wildman–Crippen MR) is 147 cm³/mol. The lowest BCUT2D eigenvalue weighted by Gasteiger charge is -2.30. The van der Waals surface area contributed by atoms with Crippen molar-refractivity contribution in [1.29, 1.82) is 0 Å². The van der Waals surface area contributed by atoms with Crippen LogP contribution in [0.25, 0.3) is 20.8 Å². The van der Waals surface area contributed by atoms with Crippen LogP contribution in [-0.2, 0) is 22.5 Å². The maximum absolute atomic E-state index is 12.8. The highest BCUT2D eigenvalue weighted by Gasteiger charge is 2.31. The predicted octanol–water partition coefficient (Wildman–Crippen LogP) is 6.41. The molecular weight excluding hydrogens is 548 g/mol. The number of anilines is 1. The van der Waals surface area contributed by atoms with Crippen molar-refractivity contribution in [2.24, 2.45) is 0 Å². The van der Waals surface area contributed by atoms with E-state index in [1.807, 2.05) is 32.9 Å². The molecule has 1 aliphatic heterocycles. The van der Waals surface area contributed by atoms with Crippen LogP contribution in [0.2, 0.25) is 0 Å². The molecule has 10 heteroatoms. The highest BCUT2D eigenvalue weighted by molar-refractivity contribution is 9.10. The maximum Gasteiger partial charge on any atom is 0.410 e. The first-order valence-electron chi connectivity index (χ1n) is 11.7. The van der Waals surface area contributed by atoms with E-state index in [0.717, 1.165) is 40.7 Å². The number of carbonyl (C=O) groups excluding carboxylic acids is 2. The zero-order valence-electron chi connectivity index (χ0n) is 20.7. The van der Waals surface area contributed by atoms with Gasteiger partial charge in [0.2, 0.25) is 5.91 Å². The number of fused-ring (bicyclic) bond motifs is 2. The Balaban J connectivity index is 1.66. The molecule has 0 spiro atoms. The van der Waals surface area contributed by atoms with Crippen molar-refractivity contribution in [2.75, 3.05) is 18.4 Å². The van der Waals surface area contributed by atoms with E-state index in [-0.39, 0.29) is 12.0 Å². The van der Waals surface area contributed by atoms with E-state index in [1.165, 1.54) is 11.3 Å². The monoisotopic (exact) mass is 578 g/mol. The van der Waals surface area contributed by atoms with Crippen molar-refractivity contribution < 1.29 is 14.3 Å². The van der Waals surface area contributed by atoms with Crippen molar-refractivity contribution >= 4 is 65.8 Å². The molecule has 3 aromatic rings. The van der Waals surface area contributed by atoms with Gasteiger partial charge in [0.05, 0.1) is 16.8 Å². The van der Waals surface area contributed by atoms with Gasteiger partial charge in [0.25, 0.3) is 0 Å². The van der Waals surface area contributed by atoms with Gasteiger partial charge in [-0.25, -0.2) is 9.78 Å². The number of amides is 2. The number of rotatable bonds is 6. The van der Waals surface area contributed by atoms with Crippen LogP contribution in [0, 0.1) is 0 Å². The van der Waals surface area contributed by atoms with Gasteiger partial charge < -0.3 is 20.3 Å². The molecule has 2 amide bonds. The van der Waals surface area contributed by atoms with E-state index >= 15 is 0 Å². The molecule has 3 heterocycles. The average molecular weight is 580 g/mol. The summed E-state index contributed by atoms with van der Waals surface area (Å²) in [6.45, 7) is 11.4. The minimum atomic E-state index is -0.545. The van der Waals surface area contributed by atoms with E-state index in [9.17, 15) is 9.59 Å². The highest BCUT2D eigenvalue weighted by atomic mass is 79.9. The third-order valence-corrected chi connectivity index (χ3v) is 8.11. The van der Waals surface area contributed by atoms with Crippen molar-refractivity contribution in [3.05, 3.63) is 33.1 Å². The molecule has 35 heavy (non-hydrogen) atoms. The summed E-state index contributed by atoms with van der Waals surface area (Å²) in [5.41, 5.74) is 2.51. The Morgan fingerprint density at radius 2 is 2.03 bits per heavy atom. The van der Waals surface area contributed by atoms with Gasteiger partial charge in [-0.3, -0.25) is 4.79 Å². The van der Waals surface area contributed by atoms with Gasteiger partial charge in [0.15, 0.2) is 0 Å². The molecule has 0 atom stereocenters. The van der Waals surface area contributed by atoms with E-state index in [4.69, 9.17) is 9.72 Å². The van der Waals surface area contributed by atoms with Crippen LogP contribution in [0.15, 0.2) is 22.7 Å². The quantitative estimate of drug-likeness (QED) is 0.353. The number of aromatic nitrogens is 1. The Morgan fingerprint density at radius 3 is 2.74 bits per heavy atom. The number of ether oxygens (including phenoxy) is 1. The molecule has 0 radical (unpaired) electrons. The Kier molecular flexibility index (Phi) is 7.85. The number of thiophene rings is 1. The molecule has 1 aromatic carbocycles. The van der Waals surface area contributed by atoms with Crippen LogP contribution < -0.4 is 10.6 Å². The Bertz CT molecular complexity index is 1250. The van der Waals surface area contributed by atoms with E-state index < -0.39 is 5.60 Å². The first-order chi connectivity index (χ1) is 16.5. The van der Waals surface area contributed by atoms with E-state index in [0.29, 0.717) is 38.5 Å². The van der Waals surface area contributed by atoms with Crippen LogP contribution in [0.3, 0.4) is 0 Å². The fourth-order valence-corrected chi connectivity index (χ4v) is 6.59. The Hall–Kier alpha value is -2.01. The number of benzene rings is 1. The Labute approximate surface area is 222 Å². The highest BCUT2D eigenvalue weighted by Crippen LogP contribution is 2.46. The lowest BCUT2D eigenvalue weighted by Crippen LogP contribution is -2.39. The van der Waals surface area contributed by atoms with Gasteiger partial charge in [-0.2, -0.15) is 0 Å². The van der Waals surface area contributed by atoms with Crippen LogP contribution in [0.1, 0.15) is 51.5 Å². The summed E-state index contributed by atoms with van der Waals surface area (Å²) in [5, 5.41) is 8.11. The molecular formula is C25H31BrN4O3S2. The summed E-state index contributed by atoms with van der Waals surface area (Å²) in [6.07, 6.45) is 0.759. The zero-order chi connectivity index (χ0) is 25.3. The van der Waals surface area contributed by atoms with Gasteiger partial charge in [-0.1, -0.05) is 29.8 Å². The summed E-state index contributed by atoms with van der Waals surface area (Å²) >= 11 is 6.68. The normalized spacial score (nSPS) is 13.9. The summed E-state index contributed by atoms with van der Waals surface area (Å²) in [4.78, 5) is 33.2. The minimum Gasteiger partial charge on any atom is -0.444 e. The average Bonchev–Trinajstić information content (AvgIpc) is 3.31. The summed E-state index contributed by atoms with van der Waals surface area (Å²) in [5.74, 6) is -0.0362.